The molecule has 0 amide bonds. The third-order valence-electron chi connectivity index (χ3n) is 5.88. The molecule has 1 aromatic carbocycles. The van der Waals surface area contributed by atoms with Crippen molar-refractivity contribution in [3.05, 3.63) is 35.4 Å². The second-order valence-electron chi connectivity index (χ2n) is 7.77. The van der Waals surface area contributed by atoms with Crippen LogP contribution in [0.1, 0.15) is 43.7 Å². The molecule has 0 aromatic heterocycles. The van der Waals surface area contributed by atoms with E-state index in [-0.39, 0.29) is 0 Å². The molecule has 1 fully saturated rings. The Balaban J connectivity index is 1.59. The van der Waals surface area contributed by atoms with Crippen LogP contribution in [0.25, 0.3) is 0 Å². The Morgan fingerprint density at radius 3 is 2.44 bits per heavy atom. The van der Waals surface area contributed by atoms with Gasteiger partial charge in [-0.05, 0) is 62.1 Å². The van der Waals surface area contributed by atoms with Gasteiger partial charge in [0.25, 0.3) is 0 Å². The van der Waals surface area contributed by atoms with Crippen LogP contribution in [0.5, 0.6) is 0 Å². The lowest BCUT2D eigenvalue weighted by Gasteiger charge is -2.39. The first-order valence-corrected chi connectivity index (χ1v) is 11.6. The van der Waals surface area contributed by atoms with Crippen molar-refractivity contribution in [3.63, 3.8) is 0 Å². The van der Waals surface area contributed by atoms with Gasteiger partial charge in [0.2, 0.25) is 10.0 Å². The highest BCUT2D eigenvalue weighted by atomic mass is 32.2. The summed E-state index contributed by atoms with van der Waals surface area (Å²) in [6.07, 6.45) is 8.11. The topological polar surface area (TPSA) is 40.6 Å². The molecule has 2 aliphatic rings. The Labute approximate surface area is 153 Å². The molecule has 1 aliphatic carbocycles. The van der Waals surface area contributed by atoms with Gasteiger partial charge in [0.1, 0.15) is 0 Å². The summed E-state index contributed by atoms with van der Waals surface area (Å²) in [5.74, 6) is 0.627. The molecule has 1 saturated heterocycles. The van der Waals surface area contributed by atoms with Crippen LogP contribution in [0.4, 0.5) is 0 Å². The third kappa shape index (κ3) is 4.83. The van der Waals surface area contributed by atoms with Crippen molar-refractivity contribution in [3.8, 4) is 0 Å². The summed E-state index contributed by atoms with van der Waals surface area (Å²) in [6, 6.07) is 9.51. The van der Waals surface area contributed by atoms with Crippen molar-refractivity contribution in [2.75, 3.05) is 32.4 Å². The molecule has 5 heteroatoms. The predicted molar refractivity (Wildman–Crippen MR) is 103 cm³/mol. The maximum atomic E-state index is 11.7. The van der Waals surface area contributed by atoms with Crippen LogP contribution >= 0.6 is 0 Å². The van der Waals surface area contributed by atoms with Gasteiger partial charge in [-0.3, -0.25) is 4.90 Å². The van der Waals surface area contributed by atoms with Crippen LogP contribution in [0, 0.1) is 5.92 Å². The number of aryl methyl sites for hydroxylation is 1. The Morgan fingerprint density at radius 2 is 1.80 bits per heavy atom. The van der Waals surface area contributed by atoms with Crippen LogP contribution in [0.3, 0.4) is 0 Å². The molecule has 3 rings (SSSR count). The van der Waals surface area contributed by atoms with E-state index >= 15 is 0 Å². The van der Waals surface area contributed by atoms with Gasteiger partial charge >= 0.3 is 0 Å². The molecule has 0 bridgehead atoms. The lowest BCUT2D eigenvalue weighted by molar-refractivity contribution is 0.129. The van der Waals surface area contributed by atoms with Crippen molar-refractivity contribution >= 4 is 10.0 Å². The van der Waals surface area contributed by atoms with E-state index in [1.54, 1.807) is 4.31 Å². The van der Waals surface area contributed by atoms with E-state index in [1.807, 2.05) is 0 Å². The molecule has 25 heavy (non-hydrogen) atoms. The zero-order chi connectivity index (χ0) is 17.9. The maximum Gasteiger partial charge on any atom is 0.211 e. The molecule has 1 atom stereocenters. The smallest absolute Gasteiger partial charge is 0.211 e. The van der Waals surface area contributed by atoms with E-state index in [4.69, 9.17) is 0 Å². The average molecular weight is 365 g/mol. The van der Waals surface area contributed by atoms with Gasteiger partial charge in [-0.25, -0.2) is 12.7 Å². The molecular formula is C20H32N2O2S. The van der Waals surface area contributed by atoms with E-state index in [0.717, 1.165) is 25.9 Å². The number of fused-ring (bicyclic) bond motifs is 1. The minimum Gasteiger partial charge on any atom is -0.300 e. The van der Waals surface area contributed by atoms with Gasteiger partial charge in [0.05, 0.1) is 6.26 Å². The number of hydrogen-bond acceptors (Lipinski definition) is 3. The maximum absolute atomic E-state index is 11.7. The number of sulfonamides is 1. The molecular weight excluding hydrogens is 332 g/mol. The normalized spacial score (nSPS) is 22.9. The van der Waals surface area contributed by atoms with Crippen LogP contribution in [0.2, 0.25) is 0 Å². The fraction of sp³-hybridized carbons (Fsp3) is 0.700. The number of nitrogens with zero attached hydrogens (tertiary/aromatic N) is 2. The fourth-order valence-corrected chi connectivity index (χ4v) is 5.33. The monoisotopic (exact) mass is 364 g/mol. The summed E-state index contributed by atoms with van der Waals surface area (Å²) in [4.78, 5) is 2.69. The largest absolute Gasteiger partial charge is 0.300 e. The van der Waals surface area contributed by atoms with Crippen LogP contribution in [-0.2, 0) is 22.9 Å². The molecule has 0 radical (unpaired) electrons. The summed E-state index contributed by atoms with van der Waals surface area (Å²) < 4.78 is 25.0. The number of rotatable bonds is 6. The Hall–Kier alpha value is -0.910. The molecule has 0 spiro atoms. The van der Waals surface area contributed by atoms with E-state index in [1.165, 1.54) is 43.1 Å². The van der Waals surface area contributed by atoms with Gasteiger partial charge in [0, 0.05) is 25.7 Å². The molecule has 1 aliphatic heterocycles. The van der Waals surface area contributed by atoms with E-state index < -0.39 is 10.0 Å². The zero-order valence-electron chi connectivity index (χ0n) is 15.7. The van der Waals surface area contributed by atoms with Crippen LogP contribution < -0.4 is 0 Å². The molecule has 0 saturated carbocycles. The van der Waals surface area contributed by atoms with Gasteiger partial charge in [-0.1, -0.05) is 31.2 Å². The Morgan fingerprint density at radius 1 is 1.12 bits per heavy atom. The predicted octanol–water partition coefficient (Wildman–Crippen LogP) is 2.93. The third-order valence-corrected chi connectivity index (χ3v) is 7.19. The minimum atomic E-state index is -3.02. The Kier molecular flexibility index (Phi) is 6.18. The Bertz CT molecular complexity index is 666. The first-order valence-electron chi connectivity index (χ1n) is 9.73. The van der Waals surface area contributed by atoms with Gasteiger partial charge in [-0.2, -0.15) is 0 Å². The van der Waals surface area contributed by atoms with Crippen molar-refractivity contribution in [1.29, 1.82) is 0 Å². The van der Waals surface area contributed by atoms with E-state index in [2.05, 4.69) is 36.1 Å². The molecule has 4 nitrogen and oxygen atoms in total. The highest BCUT2D eigenvalue weighted by molar-refractivity contribution is 7.88. The highest BCUT2D eigenvalue weighted by Gasteiger charge is 2.29. The highest BCUT2D eigenvalue weighted by Crippen LogP contribution is 2.27. The number of piperidine rings is 1. The second kappa shape index (κ2) is 8.19. The fourth-order valence-electron chi connectivity index (χ4n) is 4.46. The summed E-state index contributed by atoms with van der Waals surface area (Å²) in [7, 11) is -3.02. The van der Waals surface area contributed by atoms with Gasteiger partial charge in [0.15, 0.2) is 0 Å². The summed E-state index contributed by atoms with van der Waals surface area (Å²) in [5, 5.41) is 0. The number of hydrogen-bond donors (Lipinski definition) is 0. The molecule has 1 aromatic rings. The van der Waals surface area contributed by atoms with Crippen molar-refractivity contribution in [1.82, 2.24) is 9.21 Å². The summed E-state index contributed by atoms with van der Waals surface area (Å²) in [6.45, 7) is 5.92. The first kappa shape index (κ1) is 18.9. The average Bonchev–Trinajstić information content (AvgIpc) is 2.60. The number of benzene rings is 1. The summed E-state index contributed by atoms with van der Waals surface area (Å²) >= 11 is 0. The second-order valence-corrected chi connectivity index (χ2v) is 9.75. The van der Waals surface area contributed by atoms with Crippen molar-refractivity contribution in [2.24, 2.45) is 5.92 Å². The van der Waals surface area contributed by atoms with E-state index in [0.29, 0.717) is 25.0 Å². The van der Waals surface area contributed by atoms with Crippen molar-refractivity contribution < 1.29 is 8.42 Å². The lowest BCUT2D eigenvalue weighted by atomic mass is 9.86. The quantitative estimate of drug-likeness (QED) is 0.779. The minimum absolute atomic E-state index is 0.627. The van der Waals surface area contributed by atoms with Gasteiger partial charge in [-0.15, -0.1) is 0 Å². The summed E-state index contributed by atoms with van der Waals surface area (Å²) in [5.41, 5.74) is 3.04. The van der Waals surface area contributed by atoms with Crippen molar-refractivity contribution in [2.45, 2.75) is 51.5 Å². The molecule has 140 valence electrons. The first-order chi connectivity index (χ1) is 12.0. The zero-order valence-corrected chi connectivity index (χ0v) is 16.5. The molecule has 1 unspecified atom stereocenters. The van der Waals surface area contributed by atoms with E-state index in [9.17, 15) is 8.42 Å². The van der Waals surface area contributed by atoms with Gasteiger partial charge < -0.3 is 0 Å². The van der Waals surface area contributed by atoms with Crippen LogP contribution in [0.15, 0.2) is 24.3 Å². The molecule has 0 N–H and O–H groups in total. The lowest BCUT2D eigenvalue weighted by Crippen LogP contribution is -2.45. The van der Waals surface area contributed by atoms with Crippen LogP contribution in [-0.4, -0.2) is 56.1 Å². The SMILES string of the molecule is CCCN(CC1CCN(S(C)(=O)=O)CC1)C1CCc2ccccc2C1. The molecule has 1 heterocycles. The standard InChI is InChI=1S/C20H32N2O2S/c1-3-12-21(16-17-10-13-22(14-11-17)25(2,23)24)20-9-8-18-6-4-5-7-19(18)15-20/h4-7,17,20H,3,8-16H2,1-2H3.